The van der Waals surface area contributed by atoms with Gasteiger partial charge in [0.25, 0.3) is 0 Å². The van der Waals surface area contributed by atoms with Gasteiger partial charge in [0.2, 0.25) is 0 Å². The molecule has 3 heteroatoms. The van der Waals surface area contributed by atoms with E-state index in [1.54, 1.807) is 0 Å². The van der Waals surface area contributed by atoms with Crippen LogP contribution in [0.3, 0.4) is 0 Å². The Morgan fingerprint density at radius 3 is 2.58 bits per heavy atom. The van der Waals surface area contributed by atoms with Crippen LogP contribution in [0.4, 0.5) is 0 Å². The molecule has 1 aromatic carbocycles. The SMILES string of the molecule is CC(C)NCC=Cc1ccc(-c2ccc(Br)cc2)o1. The highest BCUT2D eigenvalue weighted by Crippen LogP contribution is 2.24. The van der Waals surface area contributed by atoms with Crippen molar-refractivity contribution in [2.24, 2.45) is 0 Å². The molecule has 0 atom stereocenters. The highest BCUT2D eigenvalue weighted by atomic mass is 79.9. The second kappa shape index (κ2) is 6.73. The Balaban J connectivity index is 2.01. The van der Waals surface area contributed by atoms with Gasteiger partial charge in [0, 0.05) is 22.6 Å². The van der Waals surface area contributed by atoms with Gasteiger partial charge in [0.1, 0.15) is 11.5 Å². The summed E-state index contributed by atoms with van der Waals surface area (Å²) in [6.07, 6.45) is 4.07. The van der Waals surface area contributed by atoms with Crippen molar-refractivity contribution in [2.45, 2.75) is 19.9 Å². The molecule has 0 unspecified atom stereocenters. The number of hydrogen-bond donors (Lipinski definition) is 1. The normalized spacial score (nSPS) is 11.6. The molecule has 2 nitrogen and oxygen atoms in total. The second-order valence-electron chi connectivity index (χ2n) is 4.67. The van der Waals surface area contributed by atoms with E-state index in [-0.39, 0.29) is 0 Å². The predicted octanol–water partition coefficient (Wildman–Crippen LogP) is 4.72. The molecule has 0 aliphatic heterocycles. The molecule has 0 fully saturated rings. The predicted molar refractivity (Wildman–Crippen MR) is 84.0 cm³/mol. The minimum atomic E-state index is 0.500. The van der Waals surface area contributed by atoms with Gasteiger partial charge in [0.05, 0.1) is 0 Å². The van der Waals surface area contributed by atoms with Crippen molar-refractivity contribution in [2.75, 3.05) is 6.54 Å². The molecule has 0 saturated carbocycles. The fourth-order valence-corrected chi connectivity index (χ4v) is 1.95. The summed E-state index contributed by atoms with van der Waals surface area (Å²) >= 11 is 3.43. The van der Waals surface area contributed by atoms with Gasteiger partial charge in [-0.05, 0) is 30.3 Å². The molecule has 0 saturated heterocycles. The summed E-state index contributed by atoms with van der Waals surface area (Å²) in [5.41, 5.74) is 1.09. The lowest BCUT2D eigenvalue weighted by atomic mass is 10.2. The van der Waals surface area contributed by atoms with Gasteiger partial charge in [-0.2, -0.15) is 0 Å². The van der Waals surface area contributed by atoms with Crippen molar-refractivity contribution in [3.8, 4) is 11.3 Å². The summed E-state index contributed by atoms with van der Waals surface area (Å²) in [7, 11) is 0. The number of furan rings is 1. The lowest BCUT2D eigenvalue weighted by Gasteiger charge is -2.02. The Labute approximate surface area is 122 Å². The Hall–Kier alpha value is -1.32. The van der Waals surface area contributed by atoms with Crippen LogP contribution in [-0.2, 0) is 0 Å². The van der Waals surface area contributed by atoms with Crippen LogP contribution in [-0.4, -0.2) is 12.6 Å². The van der Waals surface area contributed by atoms with Gasteiger partial charge in [-0.3, -0.25) is 0 Å². The van der Waals surface area contributed by atoms with E-state index in [2.05, 4.69) is 41.2 Å². The maximum Gasteiger partial charge on any atom is 0.134 e. The molecule has 2 rings (SSSR count). The molecule has 100 valence electrons. The van der Waals surface area contributed by atoms with Crippen LogP contribution < -0.4 is 5.32 Å². The van der Waals surface area contributed by atoms with Gasteiger partial charge in [-0.1, -0.05) is 48.0 Å². The van der Waals surface area contributed by atoms with Gasteiger partial charge >= 0.3 is 0 Å². The summed E-state index contributed by atoms with van der Waals surface area (Å²) in [5, 5.41) is 3.33. The van der Waals surface area contributed by atoms with Crippen LogP contribution in [0.2, 0.25) is 0 Å². The Bertz CT molecular complexity index is 540. The zero-order valence-corrected chi connectivity index (χ0v) is 12.8. The average molecular weight is 320 g/mol. The maximum absolute atomic E-state index is 5.79. The van der Waals surface area contributed by atoms with Gasteiger partial charge in [-0.15, -0.1) is 0 Å². The monoisotopic (exact) mass is 319 g/mol. The van der Waals surface area contributed by atoms with E-state index in [0.29, 0.717) is 6.04 Å². The van der Waals surface area contributed by atoms with E-state index >= 15 is 0 Å². The third-order valence-corrected chi connectivity index (χ3v) is 3.21. The molecular formula is C16H18BrNO. The van der Waals surface area contributed by atoms with Gasteiger partial charge < -0.3 is 9.73 Å². The molecular weight excluding hydrogens is 302 g/mol. The van der Waals surface area contributed by atoms with Crippen LogP contribution in [0, 0.1) is 0 Å². The summed E-state index contributed by atoms with van der Waals surface area (Å²) in [6.45, 7) is 5.12. The number of nitrogens with one attached hydrogen (secondary N) is 1. The third kappa shape index (κ3) is 4.37. The second-order valence-corrected chi connectivity index (χ2v) is 5.59. The first-order valence-electron chi connectivity index (χ1n) is 6.41. The smallest absolute Gasteiger partial charge is 0.134 e. The number of benzene rings is 1. The number of rotatable bonds is 5. The topological polar surface area (TPSA) is 25.2 Å². The maximum atomic E-state index is 5.79. The molecule has 0 aliphatic rings. The fourth-order valence-electron chi connectivity index (χ4n) is 1.69. The lowest BCUT2D eigenvalue weighted by Crippen LogP contribution is -2.22. The van der Waals surface area contributed by atoms with Crippen molar-refractivity contribution in [3.05, 3.63) is 52.7 Å². The van der Waals surface area contributed by atoms with Crippen molar-refractivity contribution >= 4 is 22.0 Å². The van der Waals surface area contributed by atoms with Crippen molar-refractivity contribution in [3.63, 3.8) is 0 Å². The molecule has 1 heterocycles. The minimum absolute atomic E-state index is 0.500. The first kappa shape index (κ1) is 14.1. The summed E-state index contributed by atoms with van der Waals surface area (Å²) in [5.74, 6) is 1.77. The van der Waals surface area contributed by atoms with Crippen molar-refractivity contribution in [1.29, 1.82) is 0 Å². The molecule has 0 amide bonds. The molecule has 19 heavy (non-hydrogen) atoms. The van der Waals surface area contributed by atoms with Gasteiger partial charge in [0.15, 0.2) is 0 Å². The first-order chi connectivity index (χ1) is 9.15. The van der Waals surface area contributed by atoms with Crippen LogP contribution in [0.1, 0.15) is 19.6 Å². The summed E-state index contributed by atoms with van der Waals surface area (Å²) < 4.78 is 6.86. The molecule has 1 aromatic heterocycles. The number of hydrogen-bond acceptors (Lipinski definition) is 2. The Morgan fingerprint density at radius 2 is 1.89 bits per heavy atom. The largest absolute Gasteiger partial charge is 0.457 e. The zero-order valence-electron chi connectivity index (χ0n) is 11.2. The van der Waals surface area contributed by atoms with E-state index in [9.17, 15) is 0 Å². The molecule has 0 aliphatic carbocycles. The molecule has 0 spiro atoms. The summed E-state index contributed by atoms with van der Waals surface area (Å²) in [4.78, 5) is 0. The van der Waals surface area contributed by atoms with Gasteiger partial charge in [-0.25, -0.2) is 0 Å². The first-order valence-corrected chi connectivity index (χ1v) is 7.20. The molecule has 2 aromatic rings. The lowest BCUT2D eigenvalue weighted by molar-refractivity contribution is 0.571. The van der Waals surface area contributed by atoms with E-state index in [1.165, 1.54) is 0 Å². The van der Waals surface area contributed by atoms with Crippen molar-refractivity contribution < 1.29 is 4.42 Å². The van der Waals surface area contributed by atoms with E-state index < -0.39 is 0 Å². The van der Waals surface area contributed by atoms with E-state index in [0.717, 1.165) is 28.1 Å². The van der Waals surface area contributed by atoms with Crippen molar-refractivity contribution in [1.82, 2.24) is 5.32 Å². The van der Waals surface area contributed by atoms with Crippen LogP contribution >= 0.6 is 15.9 Å². The molecule has 0 radical (unpaired) electrons. The number of halogens is 1. The Kier molecular flexibility index (Phi) is 5.00. The average Bonchev–Trinajstić information content (AvgIpc) is 2.84. The Morgan fingerprint density at radius 1 is 1.16 bits per heavy atom. The highest BCUT2D eigenvalue weighted by molar-refractivity contribution is 9.10. The molecule has 1 N–H and O–H groups in total. The van der Waals surface area contributed by atoms with Crippen LogP contribution in [0.25, 0.3) is 17.4 Å². The fraction of sp³-hybridized carbons (Fsp3) is 0.250. The van der Waals surface area contributed by atoms with Crippen LogP contribution in [0.15, 0.2) is 51.4 Å². The highest BCUT2D eigenvalue weighted by Gasteiger charge is 2.02. The third-order valence-electron chi connectivity index (χ3n) is 2.68. The van der Waals surface area contributed by atoms with E-state index in [4.69, 9.17) is 4.42 Å². The standard InChI is InChI=1S/C16H18BrNO/c1-12(2)18-11-3-4-15-9-10-16(19-15)13-5-7-14(17)8-6-13/h3-10,12,18H,11H2,1-2H3. The van der Waals surface area contributed by atoms with E-state index in [1.807, 2.05) is 42.5 Å². The quantitative estimate of drug-likeness (QED) is 0.862. The molecule has 0 bridgehead atoms. The zero-order chi connectivity index (χ0) is 13.7. The van der Waals surface area contributed by atoms with Crippen LogP contribution in [0.5, 0.6) is 0 Å². The summed E-state index contributed by atoms with van der Waals surface area (Å²) in [6, 6.07) is 12.6. The minimum Gasteiger partial charge on any atom is -0.457 e.